The smallest absolute Gasteiger partial charge is 0.276 e. The second-order valence-corrected chi connectivity index (χ2v) is 4.74. The first-order chi connectivity index (χ1) is 7.29. The number of carbonyl (C=O) groups is 1. The number of benzene rings is 1. The summed E-state index contributed by atoms with van der Waals surface area (Å²) in [4.78, 5) is 16.9. The molecule has 1 rings (SSSR count). The number of amides is 1. The van der Waals surface area contributed by atoms with Crippen LogP contribution in [0.15, 0.2) is 18.2 Å². The van der Waals surface area contributed by atoms with Gasteiger partial charge in [0.2, 0.25) is 0 Å². The summed E-state index contributed by atoms with van der Waals surface area (Å²) in [6.07, 6.45) is 0. The Morgan fingerprint density at radius 2 is 2.00 bits per heavy atom. The molecule has 0 aliphatic heterocycles. The van der Waals surface area contributed by atoms with Gasteiger partial charge in [0.25, 0.3) is 5.91 Å². The Labute approximate surface area is 95.7 Å². The molecule has 0 spiro atoms. The fraction of sp³-hybridized carbons (Fsp3) is 0.417. The van der Waals surface area contributed by atoms with E-state index in [1.165, 1.54) is 0 Å². The standard InChI is InChI=1S/C12H18N2O2/c1-8-5-6-10(13)9(7-8)11(15)14-16-12(2,3)4/h5-7H,13H2,1-4H3,(H,14,15). The molecular formula is C12H18N2O2. The molecule has 0 aromatic heterocycles. The van der Waals surface area contributed by atoms with Crippen LogP contribution in [-0.4, -0.2) is 11.5 Å². The summed E-state index contributed by atoms with van der Waals surface area (Å²) in [7, 11) is 0. The fourth-order valence-corrected chi connectivity index (χ4v) is 1.12. The van der Waals surface area contributed by atoms with Gasteiger partial charge in [0.1, 0.15) is 0 Å². The van der Waals surface area contributed by atoms with Crippen molar-refractivity contribution in [1.29, 1.82) is 0 Å². The zero-order chi connectivity index (χ0) is 12.3. The minimum atomic E-state index is -0.422. The van der Waals surface area contributed by atoms with Crippen molar-refractivity contribution in [2.45, 2.75) is 33.3 Å². The van der Waals surface area contributed by atoms with Crippen molar-refractivity contribution >= 4 is 11.6 Å². The lowest BCUT2D eigenvalue weighted by Gasteiger charge is -2.19. The van der Waals surface area contributed by atoms with Gasteiger partial charge in [-0.3, -0.25) is 9.63 Å². The molecular weight excluding hydrogens is 204 g/mol. The van der Waals surface area contributed by atoms with Crippen LogP contribution in [0.2, 0.25) is 0 Å². The molecule has 16 heavy (non-hydrogen) atoms. The minimum Gasteiger partial charge on any atom is -0.398 e. The fourth-order valence-electron chi connectivity index (χ4n) is 1.12. The molecule has 1 aromatic carbocycles. The summed E-state index contributed by atoms with van der Waals surface area (Å²) in [6, 6.07) is 5.30. The van der Waals surface area contributed by atoms with E-state index in [0.29, 0.717) is 11.3 Å². The van der Waals surface area contributed by atoms with Crippen molar-refractivity contribution in [3.05, 3.63) is 29.3 Å². The van der Waals surface area contributed by atoms with Crippen LogP contribution in [0.3, 0.4) is 0 Å². The van der Waals surface area contributed by atoms with E-state index in [-0.39, 0.29) is 5.91 Å². The number of carbonyl (C=O) groups excluding carboxylic acids is 1. The van der Waals surface area contributed by atoms with E-state index in [2.05, 4.69) is 5.48 Å². The number of hydrogen-bond donors (Lipinski definition) is 2. The molecule has 0 radical (unpaired) electrons. The quantitative estimate of drug-likeness (QED) is 0.594. The van der Waals surface area contributed by atoms with Crippen molar-refractivity contribution in [1.82, 2.24) is 5.48 Å². The topological polar surface area (TPSA) is 64.4 Å². The van der Waals surface area contributed by atoms with E-state index in [4.69, 9.17) is 10.6 Å². The van der Waals surface area contributed by atoms with Crippen LogP contribution in [0.1, 0.15) is 36.7 Å². The highest BCUT2D eigenvalue weighted by atomic mass is 16.7. The van der Waals surface area contributed by atoms with Gasteiger partial charge in [0.05, 0.1) is 11.2 Å². The average molecular weight is 222 g/mol. The molecule has 0 heterocycles. The van der Waals surface area contributed by atoms with Crippen molar-refractivity contribution in [2.75, 3.05) is 5.73 Å². The van der Waals surface area contributed by atoms with Crippen LogP contribution in [0.4, 0.5) is 5.69 Å². The maximum atomic E-state index is 11.7. The molecule has 1 aromatic rings. The van der Waals surface area contributed by atoms with E-state index in [1.807, 2.05) is 33.8 Å². The molecule has 0 unspecified atom stereocenters. The summed E-state index contributed by atoms with van der Waals surface area (Å²) in [5, 5.41) is 0. The Hall–Kier alpha value is -1.55. The predicted octanol–water partition coefficient (Wildman–Crippen LogP) is 2.04. The SMILES string of the molecule is Cc1ccc(N)c(C(=O)NOC(C)(C)C)c1. The summed E-state index contributed by atoms with van der Waals surface area (Å²) in [5.41, 5.74) is 9.54. The number of anilines is 1. The van der Waals surface area contributed by atoms with E-state index in [1.54, 1.807) is 12.1 Å². The molecule has 0 atom stereocenters. The van der Waals surface area contributed by atoms with Crippen LogP contribution < -0.4 is 11.2 Å². The van der Waals surface area contributed by atoms with Crippen LogP contribution in [0, 0.1) is 6.92 Å². The Morgan fingerprint density at radius 1 is 1.38 bits per heavy atom. The van der Waals surface area contributed by atoms with E-state index in [9.17, 15) is 4.79 Å². The number of nitrogens with one attached hydrogen (secondary N) is 1. The average Bonchev–Trinajstić information content (AvgIpc) is 2.17. The second-order valence-electron chi connectivity index (χ2n) is 4.74. The van der Waals surface area contributed by atoms with Crippen LogP contribution in [0.5, 0.6) is 0 Å². The van der Waals surface area contributed by atoms with Crippen LogP contribution in [-0.2, 0) is 4.84 Å². The summed E-state index contributed by atoms with van der Waals surface area (Å²) >= 11 is 0. The van der Waals surface area contributed by atoms with Gasteiger partial charge in [0.15, 0.2) is 0 Å². The first-order valence-corrected chi connectivity index (χ1v) is 5.14. The van der Waals surface area contributed by atoms with E-state index >= 15 is 0 Å². The number of hydroxylamine groups is 1. The molecule has 0 bridgehead atoms. The normalized spacial score (nSPS) is 11.2. The number of nitrogens with two attached hydrogens (primary N) is 1. The highest BCUT2D eigenvalue weighted by molar-refractivity contribution is 5.98. The number of hydrogen-bond acceptors (Lipinski definition) is 3. The van der Waals surface area contributed by atoms with Gasteiger partial charge in [-0.05, 0) is 39.8 Å². The molecule has 1 amide bonds. The third-order valence-corrected chi connectivity index (χ3v) is 1.90. The monoisotopic (exact) mass is 222 g/mol. The largest absolute Gasteiger partial charge is 0.398 e. The number of aryl methyl sites for hydroxylation is 1. The van der Waals surface area contributed by atoms with Crippen molar-refractivity contribution in [2.24, 2.45) is 0 Å². The lowest BCUT2D eigenvalue weighted by molar-refractivity contribution is -0.0589. The first-order valence-electron chi connectivity index (χ1n) is 5.14. The van der Waals surface area contributed by atoms with Gasteiger partial charge < -0.3 is 5.73 Å². The predicted molar refractivity (Wildman–Crippen MR) is 63.9 cm³/mol. The third kappa shape index (κ3) is 3.55. The van der Waals surface area contributed by atoms with Gasteiger partial charge in [-0.2, -0.15) is 0 Å². The minimum absolute atomic E-state index is 0.323. The molecule has 3 N–H and O–H groups in total. The van der Waals surface area contributed by atoms with Crippen LogP contribution in [0.25, 0.3) is 0 Å². The Bertz CT molecular complexity index is 394. The Balaban J connectivity index is 2.77. The maximum absolute atomic E-state index is 11.7. The molecule has 0 fully saturated rings. The molecule has 0 aliphatic rings. The molecule has 0 aliphatic carbocycles. The van der Waals surface area contributed by atoms with E-state index in [0.717, 1.165) is 5.56 Å². The summed E-state index contributed by atoms with van der Waals surface area (Å²) in [5.74, 6) is -0.323. The molecule has 4 heteroatoms. The Kier molecular flexibility index (Phi) is 3.55. The van der Waals surface area contributed by atoms with E-state index < -0.39 is 5.60 Å². The first kappa shape index (κ1) is 12.5. The van der Waals surface area contributed by atoms with Crippen molar-refractivity contribution < 1.29 is 9.63 Å². The van der Waals surface area contributed by atoms with Gasteiger partial charge in [-0.1, -0.05) is 11.6 Å². The van der Waals surface area contributed by atoms with Gasteiger partial charge in [-0.15, -0.1) is 0 Å². The third-order valence-electron chi connectivity index (χ3n) is 1.90. The van der Waals surface area contributed by atoms with Crippen molar-refractivity contribution in [3.8, 4) is 0 Å². The zero-order valence-electron chi connectivity index (χ0n) is 10.1. The lowest BCUT2D eigenvalue weighted by atomic mass is 10.1. The molecule has 88 valence electrons. The van der Waals surface area contributed by atoms with Gasteiger partial charge in [0, 0.05) is 5.69 Å². The van der Waals surface area contributed by atoms with Gasteiger partial charge >= 0.3 is 0 Å². The Morgan fingerprint density at radius 3 is 2.56 bits per heavy atom. The number of rotatable bonds is 2. The van der Waals surface area contributed by atoms with Crippen LogP contribution >= 0.6 is 0 Å². The highest BCUT2D eigenvalue weighted by Crippen LogP contribution is 2.14. The summed E-state index contributed by atoms with van der Waals surface area (Å²) < 4.78 is 0. The van der Waals surface area contributed by atoms with Gasteiger partial charge in [-0.25, -0.2) is 5.48 Å². The zero-order valence-corrected chi connectivity index (χ0v) is 10.1. The second kappa shape index (κ2) is 4.53. The number of nitrogen functional groups attached to an aromatic ring is 1. The maximum Gasteiger partial charge on any atom is 0.276 e. The molecule has 0 saturated heterocycles. The molecule has 4 nitrogen and oxygen atoms in total. The lowest BCUT2D eigenvalue weighted by Crippen LogP contribution is -2.33. The van der Waals surface area contributed by atoms with Crippen molar-refractivity contribution in [3.63, 3.8) is 0 Å². The summed E-state index contributed by atoms with van der Waals surface area (Å²) in [6.45, 7) is 7.47. The highest BCUT2D eigenvalue weighted by Gasteiger charge is 2.15. The molecule has 0 saturated carbocycles.